The van der Waals surface area contributed by atoms with E-state index >= 15 is 0 Å². The van der Waals surface area contributed by atoms with Gasteiger partial charge in [-0.2, -0.15) is 0 Å². The monoisotopic (exact) mass is 287 g/mol. The van der Waals surface area contributed by atoms with E-state index in [0.717, 1.165) is 16.1 Å². The predicted molar refractivity (Wildman–Crippen MR) is 84.0 cm³/mol. The topological polar surface area (TPSA) is 49.3 Å². The Bertz CT molecular complexity index is 599. The number of carbonyl (C=O) groups excluding carboxylic acids is 1. The molecule has 1 amide bonds. The molecule has 0 saturated carbocycles. The molecule has 20 heavy (non-hydrogen) atoms. The highest BCUT2D eigenvalue weighted by Gasteiger charge is 1.99. The molecule has 1 aromatic heterocycles. The van der Waals surface area contributed by atoms with E-state index in [-0.39, 0.29) is 12.5 Å². The van der Waals surface area contributed by atoms with Crippen molar-refractivity contribution in [2.45, 2.75) is 13.3 Å². The molecule has 0 saturated heterocycles. The number of rotatable bonds is 5. The molecule has 0 aliphatic heterocycles. The summed E-state index contributed by atoms with van der Waals surface area (Å²) < 4.78 is 0. The summed E-state index contributed by atoms with van der Waals surface area (Å²) in [5.41, 5.74) is 1.80. The standard InChI is InChI=1S/C16H17NO2S/c1-12-2-7-15(20-12)8-9-16(19)17-14-5-3-13(4-6-14)10-11-18/h2-9,18H,10-11H2,1H3,(H,17,19). The Morgan fingerprint density at radius 3 is 2.60 bits per heavy atom. The number of aliphatic hydroxyl groups excluding tert-OH is 1. The zero-order valence-electron chi connectivity index (χ0n) is 11.3. The Morgan fingerprint density at radius 2 is 2.00 bits per heavy atom. The lowest BCUT2D eigenvalue weighted by Gasteiger charge is -2.03. The minimum absolute atomic E-state index is 0.134. The summed E-state index contributed by atoms with van der Waals surface area (Å²) in [5.74, 6) is -0.147. The number of hydrogen-bond donors (Lipinski definition) is 2. The number of aliphatic hydroxyl groups is 1. The van der Waals surface area contributed by atoms with Crippen molar-refractivity contribution in [3.63, 3.8) is 0 Å². The van der Waals surface area contributed by atoms with Gasteiger partial charge < -0.3 is 10.4 Å². The molecule has 0 fully saturated rings. The average Bonchev–Trinajstić information content (AvgIpc) is 2.85. The van der Waals surface area contributed by atoms with Gasteiger partial charge in [-0.3, -0.25) is 4.79 Å². The molecular formula is C16H17NO2S. The van der Waals surface area contributed by atoms with Crippen molar-refractivity contribution in [3.05, 3.63) is 57.8 Å². The van der Waals surface area contributed by atoms with Crippen LogP contribution in [-0.2, 0) is 11.2 Å². The molecule has 0 atom stereocenters. The van der Waals surface area contributed by atoms with Crippen LogP contribution in [0.25, 0.3) is 6.08 Å². The SMILES string of the molecule is Cc1ccc(C=CC(=O)Nc2ccc(CCO)cc2)s1. The number of hydrogen-bond acceptors (Lipinski definition) is 3. The number of anilines is 1. The lowest BCUT2D eigenvalue weighted by Crippen LogP contribution is -2.07. The number of amides is 1. The molecule has 2 aromatic rings. The molecule has 0 spiro atoms. The molecule has 3 nitrogen and oxygen atoms in total. The third-order valence-electron chi connectivity index (χ3n) is 2.78. The molecule has 1 heterocycles. The van der Waals surface area contributed by atoms with E-state index in [2.05, 4.69) is 5.32 Å². The number of nitrogens with one attached hydrogen (secondary N) is 1. The fourth-order valence-corrected chi connectivity index (χ4v) is 2.55. The average molecular weight is 287 g/mol. The van der Waals surface area contributed by atoms with Gasteiger partial charge in [0, 0.05) is 28.1 Å². The van der Waals surface area contributed by atoms with E-state index in [9.17, 15) is 4.79 Å². The molecule has 0 radical (unpaired) electrons. The lowest BCUT2D eigenvalue weighted by molar-refractivity contribution is -0.111. The number of carbonyl (C=O) groups is 1. The summed E-state index contributed by atoms with van der Waals surface area (Å²) in [7, 11) is 0. The van der Waals surface area contributed by atoms with Crippen molar-refractivity contribution >= 4 is 29.0 Å². The quantitative estimate of drug-likeness (QED) is 0.829. The minimum Gasteiger partial charge on any atom is -0.396 e. The summed E-state index contributed by atoms with van der Waals surface area (Å²) in [5, 5.41) is 11.6. The van der Waals surface area contributed by atoms with E-state index in [1.165, 1.54) is 11.0 Å². The maximum atomic E-state index is 11.8. The number of aryl methyl sites for hydroxylation is 1. The highest BCUT2D eigenvalue weighted by atomic mass is 32.1. The van der Waals surface area contributed by atoms with Gasteiger partial charge >= 0.3 is 0 Å². The van der Waals surface area contributed by atoms with Crippen LogP contribution in [0.4, 0.5) is 5.69 Å². The molecule has 0 bridgehead atoms. The van der Waals surface area contributed by atoms with Crippen molar-refractivity contribution in [2.24, 2.45) is 0 Å². The molecule has 0 unspecified atom stereocenters. The highest BCUT2D eigenvalue weighted by molar-refractivity contribution is 7.12. The van der Waals surface area contributed by atoms with E-state index in [1.54, 1.807) is 11.3 Å². The summed E-state index contributed by atoms with van der Waals surface area (Å²) in [4.78, 5) is 14.1. The van der Waals surface area contributed by atoms with Gasteiger partial charge in [0.25, 0.3) is 0 Å². The van der Waals surface area contributed by atoms with Gasteiger partial charge in [0.1, 0.15) is 0 Å². The summed E-state index contributed by atoms with van der Waals surface area (Å²) in [6.45, 7) is 2.17. The molecule has 0 aliphatic rings. The first-order chi connectivity index (χ1) is 9.67. The number of thiophene rings is 1. The molecular weight excluding hydrogens is 270 g/mol. The minimum atomic E-state index is -0.147. The molecule has 4 heteroatoms. The third kappa shape index (κ3) is 4.33. The Labute approximate surface area is 122 Å². The smallest absolute Gasteiger partial charge is 0.248 e. The largest absolute Gasteiger partial charge is 0.396 e. The van der Waals surface area contributed by atoms with Gasteiger partial charge in [0.05, 0.1) is 0 Å². The molecule has 0 aliphatic carbocycles. The Morgan fingerprint density at radius 1 is 1.25 bits per heavy atom. The second-order valence-corrected chi connectivity index (χ2v) is 5.76. The first kappa shape index (κ1) is 14.5. The summed E-state index contributed by atoms with van der Waals surface area (Å²) >= 11 is 1.65. The van der Waals surface area contributed by atoms with Crippen molar-refractivity contribution in [1.29, 1.82) is 0 Å². The highest BCUT2D eigenvalue weighted by Crippen LogP contribution is 2.16. The van der Waals surface area contributed by atoms with Crippen LogP contribution in [0.2, 0.25) is 0 Å². The third-order valence-corrected chi connectivity index (χ3v) is 3.75. The van der Waals surface area contributed by atoms with Gasteiger partial charge in [0.15, 0.2) is 0 Å². The summed E-state index contributed by atoms with van der Waals surface area (Å²) in [6.07, 6.45) is 3.98. The van der Waals surface area contributed by atoms with Crippen LogP contribution in [0.5, 0.6) is 0 Å². The van der Waals surface area contributed by atoms with Crippen LogP contribution >= 0.6 is 11.3 Å². The fourth-order valence-electron chi connectivity index (χ4n) is 1.77. The van der Waals surface area contributed by atoms with Gasteiger partial charge in [-0.25, -0.2) is 0 Å². The Balaban J connectivity index is 1.92. The first-order valence-corrected chi connectivity index (χ1v) is 7.24. The van der Waals surface area contributed by atoms with Crippen LogP contribution in [-0.4, -0.2) is 17.6 Å². The normalized spacial score (nSPS) is 10.9. The van der Waals surface area contributed by atoms with Crippen LogP contribution in [0.1, 0.15) is 15.3 Å². The van der Waals surface area contributed by atoms with Gasteiger partial charge in [0.2, 0.25) is 5.91 Å². The van der Waals surface area contributed by atoms with Crippen LogP contribution in [0.15, 0.2) is 42.5 Å². The van der Waals surface area contributed by atoms with Gasteiger partial charge in [-0.15, -0.1) is 11.3 Å². The maximum Gasteiger partial charge on any atom is 0.248 e. The zero-order valence-corrected chi connectivity index (χ0v) is 12.1. The van der Waals surface area contributed by atoms with Gasteiger partial charge in [-0.1, -0.05) is 12.1 Å². The lowest BCUT2D eigenvalue weighted by atomic mass is 10.1. The van der Waals surface area contributed by atoms with Crippen molar-refractivity contribution in [1.82, 2.24) is 0 Å². The molecule has 1 aromatic carbocycles. The Hall–Kier alpha value is -1.91. The van der Waals surface area contributed by atoms with Crippen LogP contribution < -0.4 is 5.32 Å². The van der Waals surface area contributed by atoms with E-state index in [0.29, 0.717) is 6.42 Å². The predicted octanol–water partition coefficient (Wildman–Crippen LogP) is 3.24. The van der Waals surface area contributed by atoms with Gasteiger partial charge in [-0.05, 0) is 49.2 Å². The van der Waals surface area contributed by atoms with E-state index in [1.807, 2.05) is 49.4 Å². The first-order valence-electron chi connectivity index (χ1n) is 6.42. The van der Waals surface area contributed by atoms with Crippen molar-refractivity contribution in [2.75, 3.05) is 11.9 Å². The van der Waals surface area contributed by atoms with Crippen molar-refractivity contribution < 1.29 is 9.90 Å². The molecule has 2 rings (SSSR count). The van der Waals surface area contributed by atoms with E-state index in [4.69, 9.17) is 5.11 Å². The second kappa shape index (κ2) is 7.03. The fraction of sp³-hybridized carbons (Fsp3) is 0.188. The summed E-state index contributed by atoms with van der Waals surface area (Å²) in [6, 6.07) is 11.5. The number of benzene rings is 1. The molecule has 2 N–H and O–H groups in total. The van der Waals surface area contributed by atoms with Crippen molar-refractivity contribution in [3.8, 4) is 0 Å². The Kier molecular flexibility index (Phi) is 5.09. The second-order valence-electron chi connectivity index (χ2n) is 4.44. The van der Waals surface area contributed by atoms with E-state index < -0.39 is 0 Å². The zero-order chi connectivity index (χ0) is 14.4. The van der Waals surface area contributed by atoms with Crippen LogP contribution in [0.3, 0.4) is 0 Å². The molecule has 104 valence electrons. The van der Waals surface area contributed by atoms with Crippen LogP contribution in [0, 0.1) is 6.92 Å². The maximum absolute atomic E-state index is 11.8.